The fourth-order valence-corrected chi connectivity index (χ4v) is 3.22. The summed E-state index contributed by atoms with van der Waals surface area (Å²) >= 11 is 0. The first-order valence-electron chi connectivity index (χ1n) is 8.17. The van der Waals surface area contributed by atoms with E-state index in [0.29, 0.717) is 6.54 Å². The van der Waals surface area contributed by atoms with Gasteiger partial charge in [0.15, 0.2) is 0 Å². The molecule has 0 aromatic carbocycles. The third-order valence-corrected chi connectivity index (χ3v) is 4.37. The molecule has 1 aliphatic rings. The van der Waals surface area contributed by atoms with Gasteiger partial charge in [0.2, 0.25) is 0 Å². The molecule has 0 saturated carbocycles. The standard InChI is InChI=1S/C17H20N6O/c1-3-5-19-16(24)22-17(2)7-11(8-17)23-10-21-13-9-20-15-12(14(13)23)4-6-18-15/h4,6-7,9-10H,3,5,8H2,1-2H3,(H,18,20)(H2,19,22,24). The SMILES string of the molecule is CCCNC(=O)NC1(C)C=C(n2cnc3cnc4[nH]ccc4c32)C1. The molecule has 3 aromatic heterocycles. The minimum Gasteiger partial charge on any atom is -0.346 e. The number of nitrogens with one attached hydrogen (secondary N) is 3. The summed E-state index contributed by atoms with van der Waals surface area (Å²) in [6.07, 6.45) is 9.24. The van der Waals surface area contributed by atoms with Gasteiger partial charge in [0.25, 0.3) is 0 Å². The third-order valence-electron chi connectivity index (χ3n) is 4.37. The summed E-state index contributed by atoms with van der Waals surface area (Å²) in [4.78, 5) is 23.8. The molecule has 0 aliphatic heterocycles. The molecule has 3 heterocycles. The van der Waals surface area contributed by atoms with Crippen LogP contribution in [0.5, 0.6) is 0 Å². The quantitative estimate of drug-likeness (QED) is 0.689. The van der Waals surface area contributed by atoms with Crippen LogP contribution in [-0.2, 0) is 0 Å². The molecular weight excluding hydrogens is 304 g/mol. The highest BCUT2D eigenvalue weighted by molar-refractivity contribution is 6.02. The summed E-state index contributed by atoms with van der Waals surface area (Å²) in [5.41, 5.74) is 3.57. The predicted octanol–water partition coefficient (Wildman–Crippen LogP) is 2.63. The highest BCUT2D eigenvalue weighted by Crippen LogP contribution is 2.36. The van der Waals surface area contributed by atoms with Gasteiger partial charge in [-0.15, -0.1) is 0 Å². The minimum absolute atomic E-state index is 0.123. The molecule has 2 amide bonds. The van der Waals surface area contributed by atoms with Crippen LogP contribution in [0.2, 0.25) is 0 Å². The first-order chi connectivity index (χ1) is 11.6. The van der Waals surface area contributed by atoms with E-state index >= 15 is 0 Å². The van der Waals surface area contributed by atoms with Crippen molar-refractivity contribution in [2.75, 3.05) is 6.54 Å². The summed E-state index contributed by atoms with van der Waals surface area (Å²) in [6.45, 7) is 4.74. The van der Waals surface area contributed by atoms with Crippen molar-refractivity contribution in [2.45, 2.75) is 32.2 Å². The molecule has 1 aliphatic carbocycles. The number of urea groups is 1. The van der Waals surface area contributed by atoms with Crippen LogP contribution in [0, 0.1) is 0 Å². The second kappa shape index (κ2) is 5.36. The number of carbonyl (C=O) groups excluding carboxylic acids is 1. The Kier molecular flexibility index (Phi) is 3.30. The highest BCUT2D eigenvalue weighted by Gasteiger charge is 2.35. The zero-order valence-electron chi connectivity index (χ0n) is 13.8. The van der Waals surface area contributed by atoms with E-state index < -0.39 is 0 Å². The molecule has 0 saturated heterocycles. The van der Waals surface area contributed by atoms with Crippen molar-refractivity contribution in [1.29, 1.82) is 0 Å². The number of hydrogen-bond acceptors (Lipinski definition) is 3. The number of aromatic amines is 1. The van der Waals surface area contributed by atoms with E-state index in [1.807, 2.05) is 32.4 Å². The smallest absolute Gasteiger partial charge is 0.315 e. The molecule has 0 radical (unpaired) electrons. The monoisotopic (exact) mass is 324 g/mol. The Morgan fingerprint density at radius 2 is 2.29 bits per heavy atom. The van der Waals surface area contributed by atoms with Gasteiger partial charge < -0.3 is 20.2 Å². The number of nitrogens with zero attached hydrogens (tertiary/aromatic N) is 3. The van der Waals surface area contributed by atoms with Crippen molar-refractivity contribution in [3.63, 3.8) is 0 Å². The van der Waals surface area contributed by atoms with Gasteiger partial charge in [-0.25, -0.2) is 14.8 Å². The number of pyridine rings is 1. The van der Waals surface area contributed by atoms with E-state index in [1.54, 1.807) is 6.20 Å². The number of fused-ring (bicyclic) bond motifs is 3. The Balaban J connectivity index is 1.63. The number of amides is 2. The summed E-state index contributed by atoms with van der Waals surface area (Å²) in [6, 6.07) is 1.89. The van der Waals surface area contributed by atoms with Gasteiger partial charge in [0, 0.05) is 30.2 Å². The average molecular weight is 324 g/mol. The van der Waals surface area contributed by atoms with Gasteiger partial charge in [-0.3, -0.25) is 0 Å². The fourth-order valence-electron chi connectivity index (χ4n) is 3.22. The Bertz CT molecular complexity index is 952. The summed E-state index contributed by atoms with van der Waals surface area (Å²) < 4.78 is 2.08. The zero-order chi connectivity index (χ0) is 16.7. The largest absolute Gasteiger partial charge is 0.346 e. The lowest BCUT2D eigenvalue weighted by Gasteiger charge is -2.37. The second-order valence-corrected chi connectivity index (χ2v) is 6.46. The van der Waals surface area contributed by atoms with Gasteiger partial charge in [0.1, 0.15) is 17.5 Å². The molecule has 7 heteroatoms. The lowest BCUT2D eigenvalue weighted by atomic mass is 9.84. The topological polar surface area (TPSA) is 87.6 Å². The Labute approximate surface area is 139 Å². The van der Waals surface area contributed by atoms with Gasteiger partial charge in [-0.1, -0.05) is 6.92 Å². The van der Waals surface area contributed by atoms with Gasteiger partial charge >= 0.3 is 6.03 Å². The van der Waals surface area contributed by atoms with Crippen LogP contribution in [0.4, 0.5) is 4.79 Å². The predicted molar refractivity (Wildman–Crippen MR) is 93.5 cm³/mol. The van der Waals surface area contributed by atoms with Crippen LogP contribution in [0.3, 0.4) is 0 Å². The molecular formula is C17H20N6O. The van der Waals surface area contributed by atoms with Crippen LogP contribution in [-0.4, -0.2) is 37.6 Å². The molecule has 3 aromatic rings. The van der Waals surface area contributed by atoms with E-state index in [1.165, 1.54) is 0 Å². The van der Waals surface area contributed by atoms with Gasteiger partial charge in [-0.05, 0) is 25.5 Å². The highest BCUT2D eigenvalue weighted by atomic mass is 16.2. The van der Waals surface area contributed by atoms with E-state index in [4.69, 9.17) is 0 Å². The average Bonchev–Trinajstić information content (AvgIpc) is 3.15. The number of aromatic nitrogens is 4. The lowest BCUT2D eigenvalue weighted by Crippen LogP contribution is -2.53. The first kappa shape index (κ1) is 14.7. The Morgan fingerprint density at radius 1 is 1.46 bits per heavy atom. The molecule has 4 rings (SSSR count). The van der Waals surface area contributed by atoms with Crippen LogP contribution in [0.15, 0.2) is 30.9 Å². The third kappa shape index (κ3) is 2.33. The molecule has 1 unspecified atom stereocenters. The normalized spacial score (nSPS) is 20.0. The fraction of sp³-hybridized carbons (Fsp3) is 0.353. The summed E-state index contributed by atoms with van der Waals surface area (Å²) in [5, 5.41) is 6.92. The summed E-state index contributed by atoms with van der Waals surface area (Å²) in [7, 11) is 0. The maximum Gasteiger partial charge on any atom is 0.315 e. The van der Waals surface area contributed by atoms with Gasteiger partial charge in [0.05, 0.1) is 17.3 Å². The second-order valence-electron chi connectivity index (χ2n) is 6.46. The van der Waals surface area contributed by atoms with Crippen molar-refractivity contribution in [3.05, 3.63) is 30.9 Å². The van der Waals surface area contributed by atoms with Crippen LogP contribution >= 0.6 is 0 Å². The maximum absolute atomic E-state index is 11.9. The van der Waals surface area contributed by atoms with E-state index in [9.17, 15) is 4.79 Å². The number of imidazole rings is 1. The molecule has 24 heavy (non-hydrogen) atoms. The van der Waals surface area contributed by atoms with Crippen molar-refractivity contribution >= 4 is 33.8 Å². The summed E-state index contributed by atoms with van der Waals surface area (Å²) in [5.74, 6) is 0. The number of hydrogen-bond donors (Lipinski definition) is 3. The Hall–Kier alpha value is -2.83. The van der Waals surface area contributed by atoms with Crippen LogP contribution in [0.1, 0.15) is 26.7 Å². The molecule has 0 bridgehead atoms. The minimum atomic E-state index is -0.325. The van der Waals surface area contributed by atoms with Crippen LogP contribution in [0.25, 0.3) is 27.8 Å². The van der Waals surface area contributed by atoms with Crippen molar-refractivity contribution in [1.82, 2.24) is 30.2 Å². The Morgan fingerprint density at radius 3 is 3.08 bits per heavy atom. The van der Waals surface area contributed by atoms with Crippen molar-refractivity contribution < 1.29 is 4.79 Å². The zero-order valence-corrected chi connectivity index (χ0v) is 13.8. The van der Waals surface area contributed by atoms with E-state index in [-0.39, 0.29) is 11.6 Å². The molecule has 7 nitrogen and oxygen atoms in total. The number of rotatable bonds is 4. The van der Waals surface area contributed by atoms with E-state index in [2.05, 4.69) is 36.2 Å². The maximum atomic E-state index is 11.9. The van der Waals surface area contributed by atoms with Gasteiger partial charge in [-0.2, -0.15) is 0 Å². The molecule has 0 fully saturated rings. The number of carbonyl (C=O) groups is 1. The molecule has 3 N–H and O–H groups in total. The first-order valence-corrected chi connectivity index (χ1v) is 8.17. The lowest BCUT2D eigenvalue weighted by molar-refractivity contribution is 0.231. The van der Waals surface area contributed by atoms with Crippen molar-refractivity contribution in [2.24, 2.45) is 0 Å². The number of H-pyrrole nitrogens is 1. The van der Waals surface area contributed by atoms with Crippen LogP contribution < -0.4 is 10.6 Å². The molecule has 124 valence electrons. The van der Waals surface area contributed by atoms with E-state index in [0.717, 1.165) is 40.6 Å². The molecule has 0 spiro atoms. The molecule has 1 atom stereocenters. The van der Waals surface area contributed by atoms with Crippen molar-refractivity contribution in [3.8, 4) is 0 Å².